The Morgan fingerprint density at radius 3 is 2.86 bits per heavy atom. The molecule has 1 saturated carbocycles. The molecule has 1 heterocycles. The number of rotatable bonds is 2. The summed E-state index contributed by atoms with van der Waals surface area (Å²) in [6.07, 6.45) is 4.87. The molecule has 0 aromatic carbocycles. The lowest BCUT2D eigenvalue weighted by atomic mass is 9.42. The molecule has 0 amide bonds. The summed E-state index contributed by atoms with van der Waals surface area (Å²) in [6.45, 7) is 0.445. The Morgan fingerprint density at radius 2 is 2.21 bits per heavy atom. The van der Waals surface area contributed by atoms with Crippen LogP contribution in [0.3, 0.4) is 0 Å². The monoisotopic (exact) mass is 210 g/mol. The molecule has 0 aromatic rings. The zero-order chi connectivity index (χ0) is 10.1. The van der Waals surface area contributed by atoms with Gasteiger partial charge in [0.1, 0.15) is 0 Å². The predicted molar refractivity (Wildman–Crippen MR) is 62.3 cm³/mol. The molecule has 0 spiro atoms. The van der Waals surface area contributed by atoms with E-state index in [1.165, 1.54) is 19.2 Å². The van der Waals surface area contributed by atoms with Gasteiger partial charge in [0.2, 0.25) is 0 Å². The molecular formula is C10H17B2ClO. The van der Waals surface area contributed by atoms with E-state index in [0.717, 1.165) is 18.1 Å². The van der Waals surface area contributed by atoms with Gasteiger partial charge in [0.25, 0.3) is 6.92 Å². The van der Waals surface area contributed by atoms with E-state index >= 15 is 0 Å². The third kappa shape index (κ3) is 1.99. The Balaban J connectivity index is 2.02. The average molecular weight is 210 g/mol. The lowest BCUT2D eigenvalue weighted by Crippen LogP contribution is -2.39. The highest BCUT2D eigenvalue weighted by Gasteiger charge is 2.41. The van der Waals surface area contributed by atoms with Crippen molar-refractivity contribution < 1.29 is 4.65 Å². The van der Waals surface area contributed by atoms with Crippen LogP contribution in [0.2, 0.25) is 18.5 Å². The van der Waals surface area contributed by atoms with E-state index in [9.17, 15) is 0 Å². The Labute approximate surface area is 93.4 Å². The molecule has 14 heavy (non-hydrogen) atoms. The first kappa shape index (κ1) is 10.9. The number of alkyl halides is 1. The van der Waals surface area contributed by atoms with Crippen molar-refractivity contribution in [3.63, 3.8) is 0 Å². The van der Waals surface area contributed by atoms with Gasteiger partial charge in [-0.15, -0.1) is 11.6 Å². The predicted octanol–water partition coefficient (Wildman–Crippen LogP) is 2.48. The van der Waals surface area contributed by atoms with E-state index < -0.39 is 0 Å². The van der Waals surface area contributed by atoms with Gasteiger partial charge in [0.15, 0.2) is 0 Å². The summed E-state index contributed by atoms with van der Waals surface area (Å²) in [5.74, 6) is 3.03. The van der Waals surface area contributed by atoms with Crippen LogP contribution in [0.1, 0.15) is 12.8 Å². The number of hydrogen-bond donors (Lipinski definition) is 0. The van der Waals surface area contributed by atoms with Gasteiger partial charge in [-0.1, -0.05) is 5.82 Å². The Kier molecular flexibility index (Phi) is 3.49. The van der Waals surface area contributed by atoms with Gasteiger partial charge >= 0.3 is 0 Å². The lowest BCUT2D eigenvalue weighted by Gasteiger charge is -2.45. The second-order valence-electron chi connectivity index (χ2n) is 4.92. The van der Waals surface area contributed by atoms with Crippen molar-refractivity contribution >= 4 is 26.4 Å². The normalized spacial score (nSPS) is 42.6. The van der Waals surface area contributed by atoms with Crippen LogP contribution in [0.25, 0.3) is 0 Å². The SMILES string of the molecule is [B]C1C(CCl)CC2CB(OC)CC1C2. The van der Waals surface area contributed by atoms with Crippen molar-refractivity contribution in [3.05, 3.63) is 0 Å². The molecular weight excluding hydrogens is 193 g/mol. The van der Waals surface area contributed by atoms with Crippen LogP contribution in [-0.4, -0.2) is 27.8 Å². The highest BCUT2D eigenvalue weighted by Crippen LogP contribution is 2.48. The van der Waals surface area contributed by atoms with Gasteiger partial charge in [0, 0.05) is 13.0 Å². The highest BCUT2D eigenvalue weighted by atomic mass is 35.5. The van der Waals surface area contributed by atoms with E-state index in [4.69, 9.17) is 24.1 Å². The zero-order valence-corrected chi connectivity index (χ0v) is 9.54. The van der Waals surface area contributed by atoms with Gasteiger partial charge < -0.3 is 4.65 Å². The molecule has 4 atom stereocenters. The summed E-state index contributed by atoms with van der Waals surface area (Å²) < 4.78 is 5.46. The largest absolute Gasteiger partial charge is 0.438 e. The van der Waals surface area contributed by atoms with E-state index in [-0.39, 0.29) is 0 Å². The maximum absolute atomic E-state index is 6.22. The van der Waals surface area contributed by atoms with Gasteiger partial charge in [-0.25, -0.2) is 0 Å². The van der Waals surface area contributed by atoms with E-state index in [1.807, 2.05) is 7.11 Å². The molecule has 2 radical (unpaired) electrons. The quantitative estimate of drug-likeness (QED) is 0.502. The molecule has 4 unspecified atom stereocenters. The molecule has 1 saturated heterocycles. The van der Waals surface area contributed by atoms with Crippen LogP contribution >= 0.6 is 11.6 Å². The van der Waals surface area contributed by atoms with Crippen molar-refractivity contribution in [2.24, 2.45) is 17.8 Å². The third-order valence-electron chi connectivity index (χ3n) is 4.05. The summed E-state index contributed by atoms with van der Waals surface area (Å²) in [7, 11) is 8.03. The van der Waals surface area contributed by atoms with Gasteiger partial charge in [-0.05, 0) is 43.2 Å². The summed E-state index contributed by atoms with van der Waals surface area (Å²) in [5.41, 5.74) is 0. The van der Waals surface area contributed by atoms with Crippen LogP contribution in [0, 0.1) is 17.8 Å². The fourth-order valence-corrected chi connectivity index (χ4v) is 3.59. The van der Waals surface area contributed by atoms with Crippen molar-refractivity contribution in [2.75, 3.05) is 13.0 Å². The lowest BCUT2D eigenvalue weighted by molar-refractivity contribution is 0.206. The topological polar surface area (TPSA) is 9.23 Å². The Bertz CT molecular complexity index is 201. The fraction of sp³-hybridized carbons (Fsp3) is 1.00. The molecule has 1 aliphatic heterocycles. The van der Waals surface area contributed by atoms with Gasteiger partial charge in [-0.3, -0.25) is 0 Å². The van der Waals surface area contributed by atoms with Crippen molar-refractivity contribution in [1.82, 2.24) is 0 Å². The smallest absolute Gasteiger partial charge is 0.293 e. The highest BCUT2D eigenvalue weighted by molar-refractivity contribution is 6.52. The first-order valence-electron chi connectivity index (χ1n) is 5.59. The van der Waals surface area contributed by atoms with Crippen LogP contribution in [0.4, 0.5) is 0 Å². The van der Waals surface area contributed by atoms with Crippen LogP contribution in [-0.2, 0) is 4.65 Å². The summed E-state index contributed by atoms with van der Waals surface area (Å²) in [6, 6.07) is 0. The van der Waals surface area contributed by atoms with E-state index in [0.29, 0.717) is 24.6 Å². The first-order valence-corrected chi connectivity index (χ1v) is 6.12. The maximum Gasteiger partial charge on any atom is 0.293 e. The number of fused-ring (bicyclic) bond motifs is 2. The minimum Gasteiger partial charge on any atom is -0.438 e. The maximum atomic E-state index is 6.22. The molecule has 1 nitrogen and oxygen atoms in total. The molecule has 2 aliphatic rings. The molecule has 2 rings (SSSR count). The number of hydrogen-bond acceptors (Lipinski definition) is 1. The second-order valence-corrected chi connectivity index (χ2v) is 5.23. The van der Waals surface area contributed by atoms with Gasteiger partial charge in [0.05, 0.1) is 7.85 Å². The van der Waals surface area contributed by atoms with Crippen LogP contribution in [0.5, 0.6) is 0 Å². The fourth-order valence-electron chi connectivity index (χ4n) is 3.26. The molecule has 76 valence electrons. The molecule has 4 heteroatoms. The van der Waals surface area contributed by atoms with Crippen molar-refractivity contribution in [3.8, 4) is 0 Å². The Morgan fingerprint density at radius 1 is 1.43 bits per heavy atom. The molecule has 1 aliphatic carbocycles. The van der Waals surface area contributed by atoms with Crippen molar-refractivity contribution in [1.29, 1.82) is 0 Å². The molecule has 0 N–H and O–H groups in total. The van der Waals surface area contributed by atoms with E-state index in [1.54, 1.807) is 0 Å². The molecule has 2 bridgehead atoms. The first-order chi connectivity index (χ1) is 6.74. The summed E-state index contributed by atoms with van der Waals surface area (Å²) in [4.78, 5) is 0. The standard InChI is InChI=1S/C10H17B2ClO/c1-14-12-4-7-2-8(5-12)10(11)9(3-7)6-13/h7-10H,2-6H2,1H3. The zero-order valence-electron chi connectivity index (χ0n) is 8.79. The number of halogens is 1. The summed E-state index contributed by atoms with van der Waals surface area (Å²) in [5, 5.41) is 0. The van der Waals surface area contributed by atoms with Crippen LogP contribution < -0.4 is 0 Å². The van der Waals surface area contributed by atoms with Crippen molar-refractivity contribution in [2.45, 2.75) is 31.3 Å². The Hall–Kier alpha value is 0.380. The second kappa shape index (κ2) is 4.49. The minimum absolute atomic E-state index is 0.307. The summed E-state index contributed by atoms with van der Waals surface area (Å²) >= 11 is 5.95. The van der Waals surface area contributed by atoms with E-state index in [2.05, 4.69) is 0 Å². The molecule has 0 aromatic heterocycles. The minimum atomic E-state index is 0.307. The third-order valence-corrected chi connectivity index (χ3v) is 4.45. The molecule has 2 fully saturated rings. The van der Waals surface area contributed by atoms with Gasteiger partial charge in [-0.2, -0.15) is 0 Å². The van der Waals surface area contributed by atoms with Crippen LogP contribution in [0.15, 0.2) is 0 Å². The average Bonchev–Trinajstić information content (AvgIpc) is 2.23.